The van der Waals surface area contributed by atoms with Crippen molar-refractivity contribution in [3.05, 3.63) is 96.2 Å². The average molecular weight is 557 g/mol. The summed E-state index contributed by atoms with van der Waals surface area (Å²) < 4.78 is 11.0. The second-order valence-electron chi connectivity index (χ2n) is 10.7. The molecule has 1 aromatic rings. The van der Waals surface area contributed by atoms with Gasteiger partial charge in [-0.05, 0) is 84.6 Å². The predicted octanol–water partition coefficient (Wildman–Crippen LogP) is 13.9. The van der Waals surface area contributed by atoms with Crippen molar-refractivity contribution in [2.24, 2.45) is 11.8 Å². The van der Waals surface area contributed by atoms with Crippen LogP contribution in [0.5, 0.6) is 0 Å². The summed E-state index contributed by atoms with van der Waals surface area (Å²) in [6, 6.07) is 10.5. The molecule has 1 unspecified atom stereocenters. The standard InChI is InChI=1S/C15H22.C8H10.C8H18.C3H7F.C3H6.C2H6/c1-11(2)6-7-12(3)14(5)10-15-9-8-13(15)4;1-2-8-6-4-3-5-7-8;1-4-6-8(3)7-5-2;1-3(2)4;1-3-2;1-2/h6-7,15H,1,4,8-10H2,2-3,5H3;3-7H,2H2,1H3;8H,4-7H2,1-3H3;3H,1-2H3;3H,1H2,2H3;1-2H3/b7-6-,14-12+;;;;;. The number of aryl methyl sites for hydroxylation is 1. The molecule has 1 aromatic carbocycles. The lowest BCUT2D eigenvalue weighted by molar-refractivity contribution is 0.391. The lowest BCUT2D eigenvalue weighted by Gasteiger charge is -2.29. The Bertz CT molecular complexity index is 754. The fourth-order valence-electron chi connectivity index (χ4n) is 3.58. The van der Waals surface area contributed by atoms with Gasteiger partial charge >= 0.3 is 0 Å². The van der Waals surface area contributed by atoms with Crippen LogP contribution in [0.4, 0.5) is 4.39 Å². The van der Waals surface area contributed by atoms with Crippen LogP contribution in [0.1, 0.15) is 134 Å². The molecule has 1 fully saturated rings. The molecule has 1 aliphatic carbocycles. The van der Waals surface area contributed by atoms with Gasteiger partial charge in [-0.1, -0.05) is 151 Å². The average Bonchev–Trinajstić information content (AvgIpc) is 2.92. The Morgan fingerprint density at radius 3 is 1.68 bits per heavy atom. The van der Waals surface area contributed by atoms with E-state index >= 15 is 0 Å². The molecule has 0 amide bonds. The second kappa shape index (κ2) is 33.1. The van der Waals surface area contributed by atoms with E-state index in [1.165, 1.54) is 81.1 Å². The van der Waals surface area contributed by atoms with Gasteiger partial charge in [0.2, 0.25) is 0 Å². The first-order valence-electron chi connectivity index (χ1n) is 15.8. The Morgan fingerprint density at radius 1 is 0.950 bits per heavy atom. The Labute approximate surface area is 252 Å². The first kappa shape index (κ1) is 44.9. The molecule has 232 valence electrons. The van der Waals surface area contributed by atoms with Crippen molar-refractivity contribution in [2.45, 2.75) is 141 Å². The van der Waals surface area contributed by atoms with Crippen LogP contribution in [0.2, 0.25) is 0 Å². The van der Waals surface area contributed by atoms with Gasteiger partial charge in [0.1, 0.15) is 0 Å². The summed E-state index contributed by atoms with van der Waals surface area (Å²) in [4.78, 5) is 0. The number of benzene rings is 1. The first-order chi connectivity index (χ1) is 18.9. The number of rotatable bonds is 9. The molecule has 0 radical (unpaired) electrons. The Balaban J connectivity index is -0.000000222. The molecule has 1 saturated carbocycles. The molecule has 2 rings (SSSR count). The van der Waals surface area contributed by atoms with E-state index in [4.69, 9.17) is 0 Å². The monoisotopic (exact) mass is 557 g/mol. The highest BCUT2D eigenvalue weighted by Crippen LogP contribution is 2.37. The fourth-order valence-corrected chi connectivity index (χ4v) is 3.58. The summed E-state index contributed by atoms with van der Waals surface area (Å²) in [7, 11) is 0. The molecule has 0 aliphatic heterocycles. The van der Waals surface area contributed by atoms with Gasteiger partial charge in [-0.25, -0.2) is 4.39 Å². The normalized spacial score (nSPS) is 13.8. The van der Waals surface area contributed by atoms with Gasteiger partial charge in [0.15, 0.2) is 0 Å². The number of hydrogen-bond donors (Lipinski definition) is 0. The van der Waals surface area contributed by atoms with Crippen LogP contribution >= 0.6 is 0 Å². The van der Waals surface area contributed by atoms with Crippen LogP contribution in [0.25, 0.3) is 0 Å². The highest BCUT2D eigenvalue weighted by molar-refractivity contribution is 5.29. The molecule has 0 aromatic heterocycles. The zero-order chi connectivity index (χ0) is 31.9. The molecule has 0 heterocycles. The maximum atomic E-state index is 11.0. The first-order valence-corrected chi connectivity index (χ1v) is 15.8. The topological polar surface area (TPSA) is 0 Å². The maximum absolute atomic E-state index is 11.0. The molecule has 0 N–H and O–H groups in total. The third kappa shape index (κ3) is 33.9. The highest BCUT2D eigenvalue weighted by atomic mass is 19.1. The molecule has 1 heteroatoms. The van der Waals surface area contributed by atoms with E-state index in [9.17, 15) is 4.39 Å². The minimum atomic E-state index is -0.667. The van der Waals surface area contributed by atoms with Gasteiger partial charge in [-0.15, -0.1) is 6.58 Å². The number of hydrogen-bond acceptors (Lipinski definition) is 0. The zero-order valence-electron chi connectivity index (χ0n) is 29.0. The Kier molecular flexibility index (Phi) is 37.1. The van der Waals surface area contributed by atoms with Gasteiger partial charge in [0.05, 0.1) is 6.17 Å². The van der Waals surface area contributed by atoms with Crippen molar-refractivity contribution < 1.29 is 4.39 Å². The zero-order valence-corrected chi connectivity index (χ0v) is 29.0. The molecule has 0 saturated heterocycles. The summed E-state index contributed by atoms with van der Waals surface area (Å²) in [5, 5.41) is 0. The van der Waals surface area contributed by atoms with E-state index in [1.54, 1.807) is 6.08 Å². The van der Waals surface area contributed by atoms with Gasteiger partial charge in [0.25, 0.3) is 0 Å². The predicted molar refractivity (Wildman–Crippen MR) is 187 cm³/mol. The fraction of sp³-hybridized carbons (Fsp3) is 0.590. The quantitative estimate of drug-likeness (QED) is 0.209. The molecular formula is C39H69F. The van der Waals surface area contributed by atoms with E-state index in [0.29, 0.717) is 0 Å². The third-order valence-electron chi connectivity index (χ3n) is 6.05. The summed E-state index contributed by atoms with van der Waals surface area (Å²) in [6.45, 7) is 35.6. The van der Waals surface area contributed by atoms with Crippen molar-refractivity contribution in [2.75, 3.05) is 0 Å². The van der Waals surface area contributed by atoms with Gasteiger partial charge in [-0.2, -0.15) is 0 Å². The number of alkyl halides is 1. The number of allylic oxidation sites excluding steroid dienone is 7. The largest absolute Gasteiger partial charge is 0.248 e. The highest BCUT2D eigenvalue weighted by Gasteiger charge is 2.22. The molecule has 1 atom stereocenters. The summed E-state index contributed by atoms with van der Waals surface area (Å²) in [6.07, 6.45) is 15.7. The Morgan fingerprint density at radius 2 is 1.40 bits per heavy atom. The van der Waals surface area contributed by atoms with Crippen LogP contribution in [-0.4, -0.2) is 6.17 Å². The molecule has 40 heavy (non-hydrogen) atoms. The molecular weight excluding hydrogens is 487 g/mol. The third-order valence-corrected chi connectivity index (χ3v) is 6.05. The number of halogens is 1. The van der Waals surface area contributed by atoms with E-state index in [2.05, 4.69) is 97.7 Å². The van der Waals surface area contributed by atoms with Crippen molar-refractivity contribution in [3.8, 4) is 0 Å². The molecule has 0 nitrogen and oxygen atoms in total. The van der Waals surface area contributed by atoms with Crippen LogP contribution in [0.3, 0.4) is 0 Å². The van der Waals surface area contributed by atoms with E-state index in [0.717, 1.165) is 23.8 Å². The van der Waals surface area contributed by atoms with Gasteiger partial charge in [-0.3, -0.25) is 0 Å². The lowest BCUT2D eigenvalue weighted by Crippen LogP contribution is -2.14. The summed E-state index contributed by atoms with van der Waals surface area (Å²) in [5.41, 5.74) is 6.81. The maximum Gasteiger partial charge on any atom is 0.0945 e. The van der Waals surface area contributed by atoms with Crippen LogP contribution in [0.15, 0.2) is 90.6 Å². The van der Waals surface area contributed by atoms with Crippen molar-refractivity contribution in [1.29, 1.82) is 0 Å². The Hall–Kier alpha value is -2.15. The molecule has 0 bridgehead atoms. The van der Waals surface area contributed by atoms with E-state index < -0.39 is 6.17 Å². The van der Waals surface area contributed by atoms with Gasteiger partial charge < -0.3 is 0 Å². The minimum absolute atomic E-state index is 0.667. The smallest absolute Gasteiger partial charge is 0.0945 e. The van der Waals surface area contributed by atoms with Crippen LogP contribution in [0, 0.1) is 11.8 Å². The van der Waals surface area contributed by atoms with Gasteiger partial charge in [0, 0.05) is 0 Å². The lowest BCUT2D eigenvalue weighted by atomic mass is 9.76. The summed E-state index contributed by atoms with van der Waals surface area (Å²) >= 11 is 0. The van der Waals surface area contributed by atoms with Crippen molar-refractivity contribution in [3.63, 3.8) is 0 Å². The minimum Gasteiger partial charge on any atom is -0.248 e. The SMILES string of the molecule is C=C(C)/C=C\C(C)=C(/C)CC1CCC1=C.C=CC.CC.CC(C)F.CCCC(C)CCC.CCc1ccccc1. The summed E-state index contributed by atoms with van der Waals surface area (Å²) in [5.74, 6) is 1.71. The van der Waals surface area contributed by atoms with Crippen LogP contribution in [-0.2, 0) is 6.42 Å². The van der Waals surface area contributed by atoms with Crippen molar-refractivity contribution in [1.82, 2.24) is 0 Å². The van der Waals surface area contributed by atoms with Crippen LogP contribution < -0.4 is 0 Å². The van der Waals surface area contributed by atoms with E-state index in [1.807, 2.05) is 33.8 Å². The molecule has 0 spiro atoms. The van der Waals surface area contributed by atoms with E-state index in [-0.39, 0.29) is 0 Å². The molecule has 1 aliphatic rings. The van der Waals surface area contributed by atoms with Crippen molar-refractivity contribution >= 4 is 0 Å². The second-order valence-corrected chi connectivity index (χ2v) is 10.7.